The van der Waals surface area contributed by atoms with Crippen molar-refractivity contribution in [3.8, 4) is 0 Å². The van der Waals surface area contributed by atoms with E-state index in [1.165, 1.54) is 0 Å². The summed E-state index contributed by atoms with van der Waals surface area (Å²) in [6.07, 6.45) is 0.159. The number of rotatable bonds is 16. The number of thiol groups is 3. The Bertz CT molecular complexity index is 780. The summed E-state index contributed by atoms with van der Waals surface area (Å²) in [6, 6.07) is -3.25. The van der Waals surface area contributed by atoms with Gasteiger partial charge in [-0.3, -0.25) is 14.4 Å². The molecule has 12 nitrogen and oxygen atoms in total. The van der Waals surface area contributed by atoms with E-state index < -0.39 is 46.5 Å². The summed E-state index contributed by atoms with van der Waals surface area (Å²) in [5.74, 6) is -0.824. The first-order chi connectivity index (χ1) is 17.1. The molecule has 0 aromatic carbocycles. The quantitative estimate of drug-likeness (QED) is 0.110. The van der Waals surface area contributed by atoms with Gasteiger partial charge >= 0.3 is 36.0 Å². The van der Waals surface area contributed by atoms with Gasteiger partial charge in [0.15, 0.2) is 0 Å². The van der Waals surface area contributed by atoms with Gasteiger partial charge in [-0.1, -0.05) is 0 Å². The molecule has 0 unspecified atom stereocenters. The number of nitrogens with zero attached hydrogens (tertiary/aromatic N) is 3. The van der Waals surface area contributed by atoms with Crippen molar-refractivity contribution >= 4 is 73.9 Å². The molecule has 0 bridgehead atoms. The van der Waals surface area contributed by atoms with Crippen LogP contribution in [0.5, 0.6) is 0 Å². The number of urea groups is 3. The molecule has 1 heterocycles. The van der Waals surface area contributed by atoms with E-state index in [2.05, 4.69) is 37.9 Å². The molecule has 1 aliphatic heterocycles. The van der Waals surface area contributed by atoms with Crippen LogP contribution in [-0.2, 0) is 28.6 Å². The predicted molar refractivity (Wildman–Crippen MR) is 138 cm³/mol. The molecule has 0 aromatic rings. The standard InChI is InChI=1S/C21H33N3O9S3/c1-15(2)24(8-11-33-18(27)5-14-36)20(29)22(6-9-31-16(25)3-12-34)19(28)23(21(24)30)7-10-32-17(26)4-13-35/h15H,3-14H2,1-2H3,(H2-,34,35,36)/p+1. The first-order valence-corrected chi connectivity index (χ1v) is 13.3. The molecule has 0 radical (unpaired) electrons. The van der Waals surface area contributed by atoms with Gasteiger partial charge in [-0.2, -0.15) is 42.4 Å². The predicted octanol–water partition coefficient (Wildman–Crippen LogP) is 1.78. The van der Waals surface area contributed by atoms with E-state index in [0.29, 0.717) is 0 Å². The number of carbonyl (C=O) groups is 6. The number of hydrogen-bond donors (Lipinski definition) is 3. The zero-order chi connectivity index (χ0) is 27.3. The van der Waals surface area contributed by atoms with E-state index in [1.807, 2.05) is 0 Å². The van der Waals surface area contributed by atoms with Crippen molar-refractivity contribution in [3.63, 3.8) is 0 Å². The second-order valence-corrected chi connectivity index (χ2v) is 9.26. The summed E-state index contributed by atoms with van der Waals surface area (Å²) in [5.41, 5.74) is 0. The minimum atomic E-state index is -0.929. The van der Waals surface area contributed by atoms with Crippen molar-refractivity contribution in [2.75, 3.05) is 56.7 Å². The van der Waals surface area contributed by atoms with Crippen LogP contribution in [0.15, 0.2) is 0 Å². The Morgan fingerprint density at radius 3 is 1.42 bits per heavy atom. The summed E-state index contributed by atoms with van der Waals surface area (Å²) in [4.78, 5) is 77.0. The Morgan fingerprint density at radius 2 is 1.08 bits per heavy atom. The van der Waals surface area contributed by atoms with E-state index in [9.17, 15) is 28.8 Å². The van der Waals surface area contributed by atoms with Gasteiger partial charge < -0.3 is 14.2 Å². The lowest BCUT2D eigenvalue weighted by molar-refractivity contribution is -0.801. The molecule has 1 aliphatic rings. The lowest BCUT2D eigenvalue weighted by Gasteiger charge is -2.45. The third kappa shape index (κ3) is 8.56. The topological polar surface area (TPSA) is 137 Å². The Labute approximate surface area is 226 Å². The maximum Gasteiger partial charge on any atom is 0.436 e. The normalized spacial score (nSPS) is 15.3. The highest BCUT2D eigenvalue weighted by molar-refractivity contribution is 7.80. The van der Waals surface area contributed by atoms with Gasteiger partial charge in [0, 0.05) is 17.3 Å². The summed E-state index contributed by atoms with van der Waals surface area (Å²) < 4.78 is 14.4. The lowest BCUT2D eigenvalue weighted by atomic mass is 10.2. The number of quaternary nitrogens is 1. The molecular weight excluding hydrogens is 534 g/mol. The molecule has 1 rings (SSSR count). The Morgan fingerprint density at radius 1 is 0.722 bits per heavy atom. The maximum atomic E-state index is 13.6. The second-order valence-electron chi connectivity index (χ2n) is 7.92. The highest BCUT2D eigenvalue weighted by Crippen LogP contribution is 2.27. The molecule has 6 amide bonds. The van der Waals surface area contributed by atoms with Crippen LogP contribution in [0.4, 0.5) is 14.4 Å². The van der Waals surface area contributed by atoms with Gasteiger partial charge in [-0.25, -0.2) is 24.2 Å². The van der Waals surface area contributed by atoms with Crippen LogP contribution in [0.2, 0.25) is 0 Å². The number of carbonyl (C=O) groups excluding carboxylic acids is 6. The van der Waals surface area contributed by atoms with Gasteiger partial charge in [0.1, 0.15) is 32.4 Å². The van der Waals surface area contributed by atoms with Gasteiger partial charge in [-0.05, 0) is 13.8 Å². The number of amides is 6. The van der Waals surface area contributed by atoms with E-state index >= 15 is 0 Å². The average Bonchev–Trinajstić information content (AvgIpc) is 2.81. The highest BCUT2D eigenvalue weighted by Gasteiger charge is 2.60. The summed E-state index contributed by atoms with van der Waals surface area (Å²) in [6.45, 7) is 1.60. The van der Waals surface area contributed by atoms with Crippen molar-refractivity contribution in [2.24, 2.45) is 0 Å². The van der Waals surface area contributed by atoms with Crippen LogP contribution in [0, 0.1) is 0 Å². The fourth-order valence-corrected chi connectivity index (χ4v) is 3.94. The lowest BCUT2D eigenvalue weighted by Crippen LogP contribution is -2.76. The largest absolute Gasteiger partial charge is 0.464 e. The summed E-state index contributed by atoms with van der Waals surface area (Å²) >= 11 is 11.9. The molecule has 1 fully saturated rings. The fourth-order valence-electron chi connectivity index (χ4n) is 3.39. The van der Waals surface area contributed by atoms with Crippen LogP contribution >= 0.6 is 37.9 Å². The number of esters is 3. The van der Waals surface area contributed by atoms with Crippen molar-refractivity contribution in [3.05, 3.63) is 0 Å². The zero-order valence-electron chi connectivity index (χ0n) is 20.4. The smallest absolute Gasteiger partial charge is 0.436 e. The van der Waals surface area contributed by atoms with Crippen LogP contribution < -0.4 is 0 Å². The summed E-state index contributed by atoms with van der Waals surface area (Å²) in [5, 5.41) is 0. The molecule has 1 saturated heterocycles. The van der Waals surface area contributed by atoms with Crippen molar-refractivity contribution < 1.29 is 47.5 Å². The number of ether oxygens (including phenoxy) is 3. The Hall–Kier alpha value is -1.97. The zero-order valence-corrected chi connectivity index (χ0v) is 23.1. The number of hydrogen-bond acceptors (Lipinski definition) is 12. The van der Waals surface area contributed by atoms with E-state index in [1.54, 1.807) is 13.8 Å². The SMILES string of the molecule is CC(C)[N+]1(CCOC(=O)CCS)C(=O)N(CCOC(=O)CCS)C(=O)N(CCOC(=O)CCS)C1=O. The molecule has 0 spiro atoms. The molecule has 0 N–H and O–H groups in total. The van der Waals surface area contributed by atoms with E-state index in [0.717, 1.165) is 9.80 Å². The van der Waals surface area contributed by atoms with Crippen LogP contribution in [-0.4, -0.2) is 113 Å². The van der Waals surface area contributed by atoms with Gasteiger partial charge in [0.2, 0.25) is 0 Å². The molecule has 204 valence electrons. The minimum Gasteiger partial charge on any atom is -0.464 e. The second kappa shape index (κ2) is 16.0. The van der Waals surface area contributed by atoms with E-state index in [4.69, 9.17) is 14.2 Å². The van der Waals surface area contributed by atoms with Crippen LogP contribution in [0.1, 0.15) is 33.1 Å². The van der Waals surface area contributed by atoms with Crippen LogP contribution in [0.25, 0.3) is 0 Å². The monoisotopic (exact) mass is 568 g/mol. The first kappa shape index (κ1) is 32.1. The molecule has 15 heteroatoms. The van der Waals surface area contributed by atoms with Crippen molar-refractivity contribution in [2.45, 2.75) is 39.2 Å². The van der Waals surface area contributed by atoms with Crippen LogP contribution in [0.3, 0.4) is 0 Å². The average molecular weight is 569 g/mol. The van der Waals surface area contributed by atoms with Gasteiger partial charge in [-0.15, -0.1) is 0 Å². The van der Waals surface area contributed by atoms with Gasteiger partial charge in [0.25, 0.3) is 0 Å². The number of imide groups is 3. The highest BCUT2D eigenvalue weighted by atomic mass is 32.1. The van der Waals surface area contributed by atoms with Gasteiger partial charge in [0.05, 0.1) is 32.4 Å². The first-order valence-electron chi connectivity index (χ1n) is 11.4. The minimum absolute atomic E-state index is 0.0525. The van der Waals surface area contributed by atoms with Crippen molar-refractivity contribution in [1.82, 2.24) is 9.80 Å². The Kier molecular flexibility index (Phi) is 14.2. The molecule has 0 saturated carbocycles. The fraction of sp³-hybridized carbons (Fsp3) is 0.714. The summed E-state index contributed by atoms with van der Waals surface area (Å²) in [7, 11) is 0. The Balaban J connectivity index is 3.18. The molecule has 0 atom stereocenters. The molecule has 0 aromatic heterocycles. The third-order valence-electron chi connectivity index (χ3n) is 5.30. The molecular formula is C21H34N3O9S3+. The third-order valence-corrected chi connectivity index (χ3v) is 5.97. The molecule has 36 heavy (non-hydrogen) atoms. The van der Waals surface area contributed by atoms with Crippen molar-refractivity contribution in [1.29, 1.82) is 0 Å². The molecule has 0 aliphatic carbocycles. The van der Waals surface area contributed by atoms with E-state index in [-0.39, 0.29) is 76.0 Å². The maximum absolute atomic E-state index is 13.6.